The maximum Gasteiger partial charge on any atom is 0.323 e. The molecule has 1 saturated heterocycles. The van der Waals surface area contributed by atoms with Crippen molar-refractivity contribution in [1.29, 1.82) is 0 Å². The average molecular weight is 269 g/mol. The first-order valence-electron chi connectivity index (χ1n) is 6.31. The molecule has 100 valence electrons. The van der Waals surface area contributed by atoms with E-state index in [-0.39, 0.29) is 12.0 Å². The molecular weight excluding hydrogens is 250 g/mol. The number of esters is 1. The molecule has 5 nitrogen and oxygen atoms in total. The highest BCUT2D eigenvalue weighted by Gasteiger charge is 2.29. The van der Waals surface area contributed by atoms with Gasteiger partial charge in [-0.2, -0.15) is 0 Å². The van der Waals surface area contributed by atoms with Gasteiger partial charge in [0.05, 0.1) is 6.61 Å². The minimum Gasteiger partial charge on any atom is -0.465 e. The largest absolute Gasteiger partial charge is 0.465 e. The van der Waals surface area contributed by atoms with Crippen LogP contribution in [0.4, 0.5) is 5.13 Å². The summed E-state index contributed by atoms with van der Waals surface area (Å²) in [6, 6.07) is -0.109. The summed E-state index contributed by atoms with van der Waals surface area (Å²) in [5.41, 5.74) is 5.62. The number of carbonyl (C=O) groups excluding carboxylic acids is 1. The molecule has 1 aromatic heterocycles. The summed E-state index contributed by atoms with van der Waals surface area (Å²) in [5, 5.41) is 0.578. The molecular formula is C12H19N3O2S. The minimum atomic E-state index is -0.109. The van der Waals surface area contributed by atoms with E-state index < -0.39 is 0 Å². The zero-order chi connectivity index (χ0) is 13.0. The summed E-state index contributed by atoms with van der Waals surface area (Å²) < 4.78 is 5.14. The van der Waals surface area contributed by atoms with Gasteiger partial charge in [0.1, 0.15) is 6.04 Å². The zero-order valence-electron chi connectivity index (χ0n) is 10.6. The molecule has 0 aliphatic carbocycles. The Hall–Kier alpha value is -1.14. The number of carbonyl (C=O) groups is 1. The van der Waals surface area contributed by atoms with Gasteiger partial charge in [-0.1, -0.05) is 6.42 Å². The summed E-state index contributed by atoms with van der Waals surface area (Å²) in [6.45, 7) is 3.95. The lowest BCUT2D eigenvalue weighted by atomic mass is 10.0. The Balaban J connectivity index is 2.01. The van der Waals surface area contributed by atoms with E-state index in [1.807, 2.05) is 6.92 Å². The van der Waals surface area contributed by atoms with Crippen LogP contribution >= 0.6 is 11.3 Å². The average Bonchev–Trinajstić information content (AvgIpc) is 2.76. The van der Waals surface area contributed by atoms with Crippen molar-refractivity contribution in [3.63, 3.8) is 0 Å². The number of rotatable bonds is 4. The van der Waals surface area contributed by atoms with Crippen molar-refractivity contribution in [2.45, 2.75) is 38.8 Å². The van der Waals surface area contributed by atoms with Gasteiger partial charge in [-0.15, -0.1) is 11.3 Å². The Morgan fingerprint density at radius 3 is 3.17 bits per heavy atom. The minimum absolute atomic E-state index is 0.102. The molecule has 0 bridgehead atoms. The van der Waals surface area contributed by atoms with Gasteiger partial charge in [0, 0.05) is 17.6 Å². The van der Waals surface area contributed by atoms with Gasteiger partial charge >= 0.3 is 5.97 Å². The fraction of sp³-hybridized carbons (Fsp3) is 0.667. The molecule has 2 rings (SSSR count). The SMILES string of the molecule is CCOC(=O)C1CCCCN1Cc1cnc(N)s1. The molecule has 1 atom stereocenters. The van der Waals surface area contributed by atoms with E-state index in [4.69, 9.17) is 10.5 Å². The van der Waals surface area contributed by atoms with Gasteiger partial charge in [0.2, 0.25) is 0 Å². The molecule has 1 unspecified atom stereocenters. The first-order valence-corrected chi connectivity index (χ1v) is 7.13. The molecule has 2 N–H and O–H groups in total. The highest BCUT2D eigenvalue weighted by molar-refractivity contribution is 7.15. The lowest BCUT2D eigenvalue weighted by molar-refractivity contribution is -0.151. The molecule has 0 aromatic carbocycles. The van der Waals surface area contributed by atoms with Crippen LogP contribution in [-0.4, -0.2) is 35.0 Å². The van der Waals surface area contributed by atoms with Crippen LogP contribution in [0.2, 0.25) is 0 Å². The number of thiazole rings is 1. The second kappa shape index (κ2) is 6.15. The molecule has 1 aromatic rings. The van der Waals surface area contributed by atoms with E-state index in [2.05, 4.69) is 9.88 Å². The maximum atomic E-state index is 11.9. The third-order valence-corrected chi connectivity index (χ3v) is 3.91. The van der Waals surface area contributed by atoms with Crippen molar-refractivity contribution in [3.05, 3.63) is 11.1 Å². The first-order chi connectivity index (χ1) is 8.70. The van der Waals surface area contributed by atoms with Crippen molar-refractivity contribution < 1.29 is 9.53 Å². The highest BCUT2D eigenvalue weighted by atomic mass is 32.1. The summed E-state index contributed by atoms with van der Waals surface area (Å²) >= 11 is 1.48. The lowest BCUT2D eigenvalue weighted by Crippen LogP contribution is -2.44. The number of aromatic nitrogens is 1. The number of nitrogens with two attached hydrogens (primary N) is 1. The van der Waals surface area contributed by atoms with Crippen LogP contribution in [0.25, 0.3) is 0 Å². The second-order valence-electron chi connectivity index (χ2n) is 4.40. The van der Waals surface area contributed by atoms with Gasteiger partial charge in [0.15, 0.2) is 5.13 Å². The maximum absolute atomic E-state index is 11.9. The van der Waals surface area contributed by atoms with Crippen LogP contribution in [0.3, 0.4) is 0 Å². The van der Waals surface area contributed by atoms with E-state index in [1.54, 1.807) is 6.20 Å². The third kappa shape index (κ3) is 3.20. The molecule has 18 heavy (non-hydrogen) atoms. The smallest absolute Gasteiger partial charge is 0.323 e. The molecule has 0 radical (unpaired) electrons. The Labute approximate surface area is 111 Å². The number of likely N-dealkylation sites (tertiary alicyclic amines) is 1. The van der Waals surface area contributed by atoms with Gasteiger partial charge in [-0.3, -0.25) is 9.69 Å². The summed E-state index contributed by atoms with van der Waals surface area (Å²) in [7, 11) is 0. The van der Waals surface area contributed by atoms with Crippen molar-refractivity contribution in [2.24, 2.45) is 0 Å². The van der Waals surface area contributed by atoms with Crippen molar-refractivity contribution >= 4 is 22.4 Å². The number of ether oxygens (including phenoxy) is 1. The zero-order valence-corrected chi connectivity index (χ0v) is 11.4. The fourth-order valence-corrected chi connectivity index (χ4v) is 2.99. The second-order valence-corrected chi connectivity index (χ2v) is 5.55. The summed E-state index contributed by atoms with van der Waals surface area (Å²) in [4.78, 5) is 19.2. The number of nitrogen functional groups attached to an aromatic ring is 1. The molecule has 0 spiro atoms. The fourth-order valence-electron chi connectivity index (χ4n) is 2.28. The Morgan fingerprint density at radius 2 is 2.50 bits per heavy atom. The predicted octanol–water partition coefficient (Wildman–Crippen LogP) is 1.64. The monoisotopic (exact) mass is 269 g/mol. The normalized spacial score (nSPS) is 20.8. The summed E-state index contributed by atoms with van der Waals surface area (Å²) in [5.74, 6) is -0.102. The summed E-state index contributed by atoms with van der Waals surface area (Å²) in [6.07, 6.45) is 4.89. The number of nitrogens with zero attached hydrogens (tertiary/aromatic N) is 2. The first kappa shape index (κ1) is 13.3. The van der Waals surface area contributed by atoms with Crippen molar-refractivity contribution in [2.75, 3.05) is 18.9 Å². The quantitative estimate of drug-likeness (QED) is 0.842. The third-order valence-electron chi connectivity index (χ3n) is 3.10. The Bertz CT molecular complexity index is 408. The molecule has 6 heteroatoms. The Kier molecular flexibility index (Phi) is 4.54. The highest BCUT2D eigenvalue weighted by Crippen LogP contribution is 2.23. The molecule has 0 saturated carbocycles. The molecule has 2 heterocycles. The van der Waals surface area contributed by atoms with Crippen LogP contribution in [0.1, 0.15) is 31.1 Å². The van der Waals surface area contributed by atoms with Crippen LogP contribution < -0.4 is 5.73 Å². The van der Waals surface area contributed by atoms with E-state index >= 15 is 0 Å². The van der Waals surface area contributed by atoms with Gasteiger partial charge in [-0.05, 0) is 26.3 Å². The van der Waals surface area contributed by atoms with E-state index in [0.29, 0.717) is 11.7 Å². The van der Waals surface area contributed by atoms with E-state index in [1.165, 1.54) is 11.3 Å². The van der Waals surface area contributed by atoms with Crippen LogP contribution in [0, 0.1) is 0 Å². The number of anilines is 1. The molecule has 1 aliphatic heterocycles. The van der Waals surface area contributed by atoms with Gasteiger partial charge in [0.25, 0.3) is 0 Å². The van der Waals surface area contributed by atoms with Crippen LogP contribution in [-0.2, 0) is 16.1 Å². The topological polar surface area (TPSA) is 68.5 Å². The molecule has 1 aliphatic rings. The van der Waals surface area contributed by atoms with Crippen LogP contribution in [0.15, 0.2) is 6.20 Å². The molecule has 0 amide bonds. The van der Waals surface area contributed by atoms with E-state index in [9.17, 15) is 4.79 Å². The number of piperidine rings is 1. The molecule has 1 fully saturated rings. The predicted molar refractivity (Wildman–Crippen MR) is 71.2 cm³/mol. The van der Waals surface area contributed by atoms with Gasteiger partial charge in [-0.25, -0.2) is 4.98 Å². The van der Waals surface area contributed by atoms with Crippen LogP contribution in [0.5, 0.6) is 0 Å². The number of hydrogen-bond acceptors (Lipinski definition) is 6. The van der Waals surface area contributed by atoms with Crippen molar-refractivity contribution in [3.8, 4) is 0 Å². The number of hydrogen-bond donors (Lipinski definition) is 1. The van der Waals surface area contributed by atoms with E-state index in [0.717, 1.165) is 37.2 Å². The standard InChI is InChI=1S/C12H19N3O2S/c1-2-17-11(16)10-5-3-4-6-15(10)8-9-7-14-12(13)18-9/h7,10H,2-6,8H2,1H3,(H2,13,14). The lowest BCUT2D eigenvalue weighted by Gasteiger charge is -2.33. The Morgan fingerprint density at radius 1 is 1.67 bits per heavy atom. The van der Waals surface area contributed by atoms with Crippen molar-refractivity contribution in [1.82, 2.24) is 9.88 Å². The van der Waals surface area contributed by atoms with Gasteiger partial charge < -0.3 is 10.5 Å².